The molecule has 8 heteroatoms. The first-order valence-corrected chi connectivity index (χ1v) is 8.77. The number of para-hydroxylation sites is 1. The zero-order valence-corrected chi connectivity index (χ0v) is 15.9. The molecule has 1 atom stereocenters. The van der Waals surface area contributed by atoms with Crippen molar-refractivity contribution >= 4 is 46.2 Å². The standard InChI is InChI=1S/C18H18ClN3O3S/c1-3-11(2)13-6-4-5-7-16(13)20-18(26)21-17(23)14-9-8-12(22(24)25)10-15(14)19/h4-11H,3H2,1-2H3,(H2,20,21,23,26)/t11-/m1/s1. The molecule has 6 nitrogen and oxygen atoms in total. The van der Waals surface area contributed by atoms with Gasteiger partial charge in [-0.15, -0.1) is 0 Å². The first-order valence-electron chi connectivity index (χ1n) is 7.98. The molecule has 0 spiro atoms. The molecular weight excluding hydrogens is 374 g/mol. The van der Waals surface area contributed by atoms with Gasteiger partial charge in [0.1, 0.15) is 0 Å². The topological polar surface area (TPSA) is 84.3 Å². The minimum Gasteiger partial charge on any atom is -0.332 e. The molecule has 0 saturated carbocycles. The summed E-state index contributed by atoms with van der Waals surface area (Å²) in [5.74, 6) is -0.204. The summed E-state index contributed by atoms with van der Waals surface area (Å²) in [5.41, 5.74) is 1.84. The van der Waals surface area contributed by atoms with E-state index in [0.717, 1.165) is 23.7 Å². The molecule has 0 aromatic heterocycles. The molecule has 1 amide bonds. The van der Waals surface area contributed by atoms with Crippen LogP contribution < -0.4 is 10.6 Å². The van der Waals surface area contributed by atoms with Crippen LogP contribution in [0.15, 0.2) is 42.5 Å². The third kappa shape index (κ3) is 4.77. The third-order valence-electron chi connectivity index (χ3n) is 3.99. The van der Waals surface area contributed by atoms with Gasteiger partial charge in [0.2, 0.25) is 0 Å². The number of carbonyl (C=O) groups excluding carboxylic acids is 1. The highest BCUT2D eigenvalue weighted by Crippen LogP contribution is 2.26. The predicted octanol–water partition coefficient (Wildman–Crippen LogP) is 4.89. The second-order valence-electron chi connectivity index (χ2n) is 5.73. The Labute approximate surface area is 161 Å². The molecule has 2 aromatic rings. The monoisotopic (exact) mass is 391 g/mol. The molecule has 0 unspecified atom stereocenters. The highest BCUT2D eigenvalue weighted by Gasteiger charge is 2.16. The van der Waals surface area contributed by atoms with E-state index in [9.17, 15) is 14.9 Å². The molecule has 2 N–H and O–H groups in total. The molecule has 2 aromatic carbocycles. The number of benzene rings is 2. The van der Waals surface area contributed by atoms with Crippen molar-refractivity contribution in [2.24, 2.45) is 0 Å². The summed E-state index contributed by atoms with van der Waals surface area (Å²) < 4.78 is 0. The van der Waals surface area contributed by atoms with Gasteiger partial charge >= 0.3 is 0 Å². The molecule has 0 radical (unpaired) electrons. The maximum absolute atomic E-state index is 12.3. The van der Waals surface area contributed by atoms with Crippen LogP contribution in [-0.4, -0.2) is 15.9 Å². The average Bonchev–Trinajstić information content (AvgIpc) is 2.61. The van der Waals surface area contributed by atoms with E-state index in [4.69, 9.17) is 23.8 Å². The summed E-state index contributed by atoms with van der Waals surface area (Å²) in [4.78, 5) is 22.5. The highest BCUT2D eigenvalue weighted by molar-refractivity contribution is 7.80. The van der Waals surface area contributed by atoms with Crippen molar-refractivity contribution in [3.05, 3.63) is 68.7 Å². The Balaban J connectivity index is 2.11. The zero-order chi connectivity index (χ0) is 19.3. The van der Waals surface area contributed by atoms with Crippen molar-refractivity contribution in [1.29, 1.82) is 0 Å². The number of non-ortho nitro benzene ring substituents is 1. The number of rotatable bonds is 5. The van der Waals surface area contributed by atoms with Gasteiger partial charge in [-0.25, -0.2) is 0 Å². The van der Waals surface area contributed by atoms with Crippen molar-refractivity contribution in [3.63, 3.8) is 0 Å². The number of anilines is 1. The molecule has 136 valence electrons. The van der Waals surface area contributed by atoms with E-state index >= 15 is 0 Å². The predicted molar refractivity (Wildman–Crippen MR) is 107 cm³/mol. The Morgan fingerprint density at radius 3 is 2.62 bits per heavy atom. The number of nitro benzene ring substituents is 1. The van der Waals surface area contributed by atoms with E-state index in [1.54, 1.807) is 0 Å². The number of amides is 1. The molecule has 0 bridgehead atoms. The van der Waals surface area contributed by atoms with Gasteiger partial charge in [0.15, 0.2) is 5.11 Å². The van der Waals surface area contributed by atoms with Crippen LogP contribution in [0, 0.1) is 10.1 Å². The summed E-state index contributed by atoms with van der Waals surface area (Å²) in [6.45, 7) is 4.21. The number of carbonyl (C=O) groups is 1. The zero-order valence-electron chi connectivity index (χ0n) is 14.3. The molecule has 0 fully saturated rings. The van der Waals surface area contributed by atoms with Crippen LogP contribution in [0.5, 0.6) is 0 Å². The summed E-state index contributed by atoms with van der Waals surface area (Å²) in [7, 11) is 0. The second kappa shape index (κ2) is 8.73. The normalized spacial score (nSPS) is 11.5. The lowest BCUT2D eigenvalue weighted by atomic mass is 9.97. The summed E-state index contributed by atoms with van der Waals surface area (Å²) in [6, 6.07) is 11.4. The third-order valence-corrected chi connectivity index (χ3v) is 4.50. The quantitative estimate of drug-likeness (QED) is 0.430. The fourth-order valence-corrected chi connectivity index (χ4v) is 2.85. The lowest BCUT2D eigenvalue weighted by Gasteiger charge is -2.17. The fraction of sp³-hybridized carbons (Fsp3) is 0.222. The Bertz CT molecular complexity index is 857. The van der Waals surface area contributed by atoms with Gasteiger partial charge in [0.25, 0.3) is 11.6 Å². The summed E-state index contributed by atoms with van der Waals surface area (Å²) in [6.07, 6.45) is 0.968. The van der Waals surface area contributed by atoms with E-state index in [-0.39, 0.29) is 21.4 Å². The molecule has 26 heavy (non-hydrogen) atoms. The maximum atomic E-state index is 12.3. The average molecular weight is 392 g/mol. The van der Waals surface area contributed by atoms with Gasteiger partial charge in [-0.05, 0) is 42.3 Å². The molecular formula is C18H18ClN3O3S. The number of hydrogen-bond donors (Lipinski definition) is 2. The number of nitrogens with one attached hydrogen (secondary N) is 2. The smallest absolute Gasteiger partial charge is 0.270 e. The molecule has 0 aliphatic rings. The van der Waals surface area contributed by atoms with Gasteiger partial charge in [-0.3, -0.25) is 20.2 Å². The van der Waals surface area contributed by atoms with Gasteiger partial charge in [-0.2, -0.15) is 0 Å². The van der Waals surface area contributed by atoms with Crippen molar-refractivity contribution in [3.8, 4) is 0 Å². The van der Waals surface area contributed by atoms with Crippen LogP contribution in [0.1, 0.15) is 42.1 Å². The highest BCUT2D eigenvalue weighted by atomic mass is 35.5. The molecule has 0 heterocycles. The molecule has 0 aliphatic heterocycles. The number of nitrogens with zero attached hydrogens (tertiary/aromatic N) is 1. The van der Waals surface area contributed by atoms with Gasteiger partial charge < -0.3 is 5.32 Å². The summed E-state index contributed by atoms with van der Waals surface area (Å²) in [5, 5.41) is 16.4. The van der Waals surface area contributed by atoms with Crippen LogP contribution in [0.2, 0.25) is 5.02 Å². The Morgan fingerprint density at radius 2 is 2.00 bits per heavy atom. The fourth-order valence-electron chi connectivity index (χ4n) is 2.39. The first-order chi connectivity index (χ1) is 12.3. The number of hydrogen-bond acceptors (Lipinski definition) is 4. The number of thiocarbonyl (C=S) groups is 1. The van der Waals surface area contributed by atoms with E-state index < -0.39 is 10.8 Å². The van der Waals surface area contributed by atoms with E-state index in [1.807, 2.05) is 24.3 Å². The SMILES string of the molecule is CC[C@@H](C)c1ccccc1NC(=S)NC(=O)c1ccc([N+](=O)[O-])cc1Cl. The van der Waals surface area contributed by atoms with Gasteiger partial charge in [0.05, 0.1) is 15.5 Å². The van der Waals surface area contributed by atoms with E-state index in [1.165, 1.54) is 12.1 Å². The van der Waals surface area contributed by atoms with Crippen LogP contribution >= 0.6 is 23.8 Å². The summed E-state index contributed by atoms with van der Waals surface area (Å²) >= 11 is 11.2. The number of nitro groups is 1. The Hall–Kier alpha value is -2.51. The van der Waals surface area contributed by atoms with Crippen molar-refractivity contribution in [2.75, 3.05) is 5.32 Å². The van der Waals surface area contributed by atoms with E-state index in [0.29, 0.717) is 5.92 Å². The van der Waals surface area contributed by atoms with E-state index in [2.05, 4.69) is 24.5 Å². The Kier molecular flexibility index (Phi) is 6.65. The van der Waals surface area contributed by atoms with Crippen LogP contribution in [-0.2, 0) is 0 Å². The minimum atomic E-state index is -0.578. The van der Waals surface area contributed by atoms with Gasteiger partial charge in [0, 0.05) is 17.8 Å². The molecule has 0 saturated heterocycles. The van der Waals surface area contributed by atoms with Gasteiger partial charge in [-0.1, -0.05) is 43.6 Å². The lowest BCUT2D eigenvalue weighted by molar-refractivity contribution is -0.384. The number of halogens is 1. The first kappa shape index (κ1) is 19.8. The Morgan fingerprint density at radius 1 is 1.31 bits per heavy atom. The second-order valence-corrected chi connectivity index (χ2v) is 6.54. The minimum absolute atomic E-state index is 0.0143. The van der Waals surface area contributed by atoms with Crippen molar-refractivity contribution in [1.82, 2.24) is 5.32 Å². The van der Waals surface area contributed by atoms with Crippen molar-refractivity contribution in [2.45, 2.75) is 26.2 Å². The van der Waals surface area contributed by atoms with Crippen LogP contribution in [0.3, 0.4) is 0 Å². The lowest BCUT2D eigenvalue weighted by Crippen LogP contribution is -2.34. The molecule has 2 rings (SSSR count). The largest absolute Gasteiger partial charge is 0.332 e. The van der Waals surface area contributed by atoms with Crippen LogP contribution in [0.25, 0.3) is 0 Å². The van der Waals surface area contributed by atoms with Crippen LogP contribution in [0.4, 0.5) is 11.4 Å². The molecule has 0 aliphatic carbocycles. The maximum Gasteiger partial charge on any atom is 0.270 e. The van der Waals surface area contributed by atoms with Crippen molar-refractivity contribution < 1.29 is 9.72 Å².